The van der Waals surface area contributed by atoms with Gasteiger partial charge in [0.05, 0.1) is 19.2 Å². The molecule has 112 valence electrons. The SMILES string of the molecule is CCO[C@H]1CN(C(=O)CCC(C)C)Cc2cccn2C1. The maximum Gasteiger partial charge on any atom is 0.223 e. The summed E-state index contributed by atoms with van der Waals surface area (Å²) in [6, 6.07) is 4.14. The van der Waals surface area contributed by atoms with Crippen LogP contribution in [0.2, 0.25) is 0 Å². The highest BCUT2D eigenvalue weighted by molar-refractivity contribution is 5.76. The summed E-state index contributed by atoms with van der Waals surface area (Å²) in [4.78, 5) is 14.4. The van der Waals surface area contributed by atoms with Crippen LogP contribution in [0.25, 0.3) is 0 Å². The van der Waals surface area contributed by atoms with Crippen LogP contribution in [0.1, 0.15) is 39.3 Å². The average Bonchev–Trinajstić information content (AvgIpc) is 2.75. The predicted octanol–water partition coefficient (Wildman–Crippen LogP) is 2.67. The summed E-state index contributed by atoms with van der Waals surface area (Å²) in [5, 5.41) is 0. The molecule has 0 N–H and O–H groups in total. The number of amides is 1. The molecule has 1 atom stereocenters. The molecule has 1 aliphatic rings. The lowest BCUT2D eigenvalue weighted by atomic mass is 10.1. The lowest BCUT2D eigenvalue weighted by Gasteiger charge is -2.24. The Morgan fingerprint density at radius 1 is 1.45 bits per heavy atom. The molecule has 2 heterocycles. The van der Waals surface area contributed by atoms with E-state index >= 15 is 0 Å². The third-order valence-corrected chi connectivity index (χ3v) is 3.79. The minimum atomic E-state index is 0.0941. The van der Waals surface area contributed by atoms with Crippen LogP contribution in [0.15, 0.2) is 18.3 Å². The molecule has 0 fully saturated rings. The van der Waals surface area contributed by atoms with E-state index in [0.717, 1.165) is 13.0 Å². The zero-order chi connectivity index (χ0) is 14.5. The van der Waals surface area contributed by atoms with E-state index < -0.39 is 0 Å². The van der Waals surface area contributed by atoms with Crippen molar-refractivity contribution < 1.29 is 9.53 Å². The molecule has 20 heavy (non-hydrogen) atoms. The molecule has 0 aliphatic carbocycles. The average molecular weight is 278 g/mol. The van der Waals surface area contributed by atoms with Crippen molar-refractivity contribution in [3.8, 4) is 0 Å². The number of carbonyl (C=O) groups is 1. The number of fused-ring (bicyclic) bond motifs is 1. The van der Waals surface area contributed by atoms with Crippen LogP contribution in [0.3, 0.4) is 0 Å². The normalized spacial score (nSPS) is 19.0. The first kappa shape index (κ1) is 15.1. The quantitative estimate of drug-likeness (QED) is 0.830. The first-order valence-corrected chi connectivity index (χ1v) is 7.63. The van der Waals surface area contributed by atoms with E-state index in [1.54, 1.807) is 0 Å². The van der Waals surface area contributed by atoms with Gasteiger partial charge in [-0.25, -0.2) is 0 Å². The molecule has 4 nitrogen and oxygen atoms in total. The van der Waals surface area contributed by atoms with Gasteiger partial charge in [-0.3, -0.25) is 4.79 Å². The minimum absolute atomic E-state index is 0.0941. The Hall–Kier alpha value is -1.29. The molecule has 0 bridgehead atoms. The van der Waals surface area contributed by atoms with Gasteiger partial charge in [-0.05, 0) is 31.4 Å². The summed E-state index contributed by atoms with van der Waals surface area (Å²) in [6.07, 6.45) is 3.76. The zero-order valence-corrected chi connectivity index (χ0v) is 12.8. The van der Waals surface area contributed by atoms with Gasteiger partial charge >= 0.3 is 0 Å². The van der Waals surface area contributed by atoms with Gasteiger partial charge in [0, 0.05) is 31.5 Å². The number of aromatic nitrogens is 1. The summed E-state index contributed by atoms with van der Waals surface area (Å²) >= 11 is 0. The summed E-state index contributed by atoms with van der Waals surface area (Å²) in [7, 11) is 0. The number of nitrogens with zero attached hydrogens (tertiary/aromatic N) is 2. The van der Waals surface area contributed by atoms with Gasteiger partial charge in [0.1, 0.15) is 0 Å². The van der Waals surface area contributed by atoms with Gasteiger partial charge in [0.2, 0.25) is 5.91 Å². The molecule has 4 heteroatoms. The number of hydrogen-bond acceptors (Lipinski definition) is 2. The summed E-state index contributed by atoms with van der Waals surface area (Å²) in [5.41, 5.74) is 1.20. The van der Waals surface area contributed by atoms with Crippen molar-refractivity contribution in [1.29, 1.82) is 0 Å². The third kappa shape index (κ3) is 3.85. The van der Waals surface area contributed by atoms with Crippen LogP contribution < -0.4 is 0 Å². The number of ether oxygens (including phenoxy) is 1. The molecule has 2 rings (SSSR count). The second-order valence-corrected chi connectivity index (χ2v) is 5.94. The Balaban J connectivity index is 2.06. The Bertz CT molecular complexity index is 439. The smallest absolute Gasteiger partial charge is 0.223 e. The molecule has 0 saturated heterocycles. The summed E-state index contributed by atoms with van der Waals surface area (Å²) in [6.45, 7) is 9.25. The number of carbonyl (C=O) groups excluding carboxylic acids is 1. The van der Waals surface area contributed by atoms with Gasteiger partial charge in [-0.2, -0.15) is 0 Å². The molecule has 1 amide bonds. The summed E-state index contributed by atoms with van der Waals surface area (Å²) in [5.74, 6) is 0.815. The highest BCUT2D eigenvalue weighted by atomic mass is 16.5. The fraction of sp³-hybridized carbons (Fsp3) is 0.688. The van der Waals surface area contributed by atoms with Crippen LogP contribution in [-0.4, -0.2) is 34.6 Å². The maximum absolute atomic E-state index is 12.4. The van der Waals surface area contributed by atoms with Crippen molar-refractivity contribution in [2.24, 2.45) is 5.92 Å². The molecule has 1 aromatic rings. The Kier molecular flexibility index (Phi) is 5.24. The van der Waals surface area contributed by atoms with Crippen LogP contribution in [0.4, 0.5) is 0 Å². The molecule has 0 aromatic carbocycles. The Morgan fingerprint density at radius 2 is 2.25 bits per heavy atom. The monoisotopic (exact) mass is 278 g/mol. The van der Waals surface area contributed by atoms with Crippen LogP contribution in [-0.2, 0) is 22.6 Å². The standard InChI is InChI=1S/C16H26N2O2/c1-4-20-15-11-17-9-5-6-14(17)10-18(12-15)16(19)8-7-13(2)3/h5-6,9,13,15H,4,7-8,10-12H2,1-3H3/t15-/m1/s1. The Morgan fingerprint density at radius 3 is 2.95 bits per heavy atom. The van der Waals surface area contributed by atoms with E-state index in [2.05, 4.69) is 30.7 Å². The van der Waals surface area contributed by atoms with E-state index in [-0.39, 0.29) is 12.0 Å². The second kappa shape index (κ2) is 6.93. The van der Waals surface area contributed by atoms with Gasteiger partial charge in [-0.1, -0.05) is 13.8 Å². The minimum Gasteiger partial charge on any atom is -0.375 e. The molecule has 0 unspecified atom stereocenters. The van der Waals surface area contributed by atoms with Crippen molar-refractivity contribution >= 4 is 5.91 Å². The topological polar surface area (TPSA) is 34.5 Å². The van der Waals surface area contributed by atoms with E-state index in [9.17, 15) is 4.79 Å². The molecule has 0 spiro atoms. The van der Waals surface area contributed by atoms with Crippen molar-refractivity contribution in [2.75, 3.05) is 13.2 Å². The first-order valence-electron chi connectivity index (χ1n) is 7.63. The van der Waals surface area contributed by atoms with Crippen LogP contribution in [0, 0.1) is 5.92 Å². The molecule has 1 aliphatic heterocycles. The van der Waals surface area contributed by atoms with E-state index in [0.29, 0.717) is 32.0 Å². The van der Waals surface area contributed by atoms with Gasteiger partial charge in [-0.15, -0.1) is 0 Å². The number of hydrogen-bond donors (Lipinski definition) is 0. The number of rotatable bonds is 5. The van der Waals surface area contributed by atoms with E-state index in [4.69, 9.17) is 4.74 Å². The van der Waals surface area contributed by atoms with Crippen molar-refractivity contribution in [1.82, 2.24) is 9.47 Å². The highest BCUT2D eigenvalue weighted by Crippen LogP contribution is 2.17. The van der Waals surface area contributed by atoms with Gasteiger partial charge in [0.25, 0.3) is 0 Å². The molecular weight excluding hydrogens is 252 g/mol. The van der Waals surface area contributed by atoms with E-state index in [1.807, 2.05) is 17.9 Å². The maximum atomic E-state index is 12.4. The first-order chi connectivity index (χ1) is 9.60. The largest absolute Gasteiger partial charge is 0.375 e. The van der Waals surface area contributed by atoms with Crippen molar-refractivity contribution in [2.45, 2.75) is 52.8 Å². The lowest BCUT2D eigenvalue weighted by molar-refractivity contribution is -0.134. The molecule has 1 aromatic heterocycles. The van der Waals surface area contributed by atoms with Crippen molar-refractivity contribution in [3.63, 3.8) is 0 Å². The fourth-order valence-corrected chi connectivity index (χ4v) is 2.66. The second-order valence-electron chi connectivity index (χ2n) is 5.94. The van der Waals surface area contributed by atoms with Gasteiger partial charge < -0.3 is 14.2 Å². The zero-order valence-electron chi connectivity index (χ0n) is 12.8. The van der Waals surface area contributed by atoms with E-state index in [1.165, 1.54) is 5.69 Å². The Labute approximate surface area is 121 Å². The third-order valence-electron chi connectivity index (χ3n) is 3.79. The predicted molar refractivity (Wildman–Crippen MR) is 79.3 cm³/mol. The highest BCUT2D eigenvalue weighted by Gasteiger charge is 2.24. The van der Waals surface area contributed by atoms with Gasteiger partial charge in [0.15, 0.2) is 0 Å². The fourth-order valence-electron chi connectivity index (χ4n) is 2.66. The molecule has 0 radical (unpaired) electrons. The van der Waals surface area contributed by atoms with Crippen molar-refractivity contribution in [3.05, 3.63) is 24.0 Å². The molecular formula is C16H26N2O2. The van der Waals surface area contributed by atoms with Crippen LogP contribution >= 0.6 is 0 Å². The lowest BCUT2D eigenvalue weighted by Crippen LogP contribution is -2.37. The molecule has 0 saturated carbocycles. The summed E-state index contributed by atoms with van der Waals surface area (Å²) < 4.78 is 7.98. The van der Waals surface area contributed by atoms with Crippen LogP contribution in [0.5, 0.6) is 0 Å².